The lowest BCUT2D eigenvalue weighted by Crippen LogP contribution is -2.20. The lowest BCUT2D eigenvalue weighted by molar-refractivity contribution is 0.706. The van der Waals surface area contributed by atoms with Gasteiger partial charge in [-0.05, 0) is 48.4 Å². The second-order valence-electron chi connectivity index (χ2n) is 7.34. The maximum absolute atomic E-state index is 11.7. The zero-order valence-corrected chi connectivity index (χ0v) is 17.4. The first-order chi connectivity index (χ1) is 14.6. The molecule has 0 aliphatic carbocycles. The van der Waals surface area contributed by atoms with Gasteiger partial charge in [0.2, 0.25) is 0 Å². The van der Waals surface area contributed by atoms with Crippen molar-refractivity contribution < 1.29 is 0 Å². The molecule has 7 heteroatoms. The molecule has 1 unspecified atom stereocenters. The van der Waals surface area contributed by atoms with E-state index in [2.05, 4.69) is 15.3 Å². The topological polar surface area (TPSA) is 73.0 Å². The van der Waals surface area contributed by atoms with Crippen LogP contribution in [0.25, 0.3) is 11.0 Å². The summed E-state index contributed by atoms with van der Waals surface area (Å²) in [5, 5.41) is 4.89. The third-order valence-electron chi connectivity index (χ3n) is 5.28. The minimum Gasteiger partial charge on any atom is -0.382 e. The van der Waals surface area contributed by atoms with Crippen LogP contribution in [0.1, 0.15) is 16.7 Å². The van der Waals surface area contributed by atoms with Crippen LogP contribution in [0.5, 0.6) is 0 Å². The van der Waals surface area contributed by atoms with Crippen molar-refractivity contribution in [1.82, 2.24) is 9.97 Å². The number of benzene rings is 3. The molecule has 1 atom stereocenters. The third kappa shape index (κ3) is 3.62. The highest BCUT2D eigenvalue weighted by molar-refractivity contribution is 6.32. The highest BCUT2D eigenvalue weighted by Crippen LogP contribution is 2.29. The summed E-state index contributed by atoms with van der Waals surface area (Å²) in [6, 6.07) is 19.4. The van der Waals surface area contributed by atoms with Crippen molar-refractivity contribution in [2.75, 3.05) is 11.9 Å². The summed E-state index contributed by atoms with van der Waals surface area (Å²) >= 11 is 12.7. The number of anilines is 1. The van der Waals surface area contributed by atoms with E-state index in [4.69, 9.17) is 28.2 Å². The van der Waals surface area contributed by atoms with E-state index < -0.39 is 0 Å². The van der Waals surface area contributed by atoms with Gasteiger partial charge in [0.05, 0.1) is 22.8 Å². The summed E-state index contributed by atoms with van der Waals surface area (Å²) in [4.78, 5) is 22.4. The zero-order chi connectivity index (χ0) is 20.7. The van der Waals surface area contributed by atoms with Gasteiger partial charge < -0.3 is 15.3 Å². The second kappa shape index (κ2) is 7.67. The number of aromatic amines is 2. The zero-order valence-electron chi connectivity index (χ0n) is 15.9. The first-order valence-electron chi connectivity index (χ1n) is 9.64. The average molecular weight is 437 g/mol. The standard InChI is InChI=1S/C23H18Cl2N4O/c24-15-6-8-19-17(11-15)22(14-5-7-20-21(10-14)29-23(30)28-20)27-16(12-26-19)9-13-3-1-2-4-18(13)25/h1-8,10-11,16,26H,9,12H2,(H2,28,29,30). The molecule has 4 aromatic rings. The quantitative estimate of drug-likeness (QED) is 0.420. The van der Waals surface area contributed by atoms with Crippen molar-refractivity contribution in [2.24, 2.45) is 4.99 Å². The van der Waals surface area contributed by atoms with Crippen LogP contribution < -0.4 is 11.0 Å². The van der Waals surface area contributed by atoms with E-state index in [1.165, 1.54) is 0 Å². The van der Waals surface area contributed by atoms with E-state index in [9.17, 15) is 4.79 Å². The highest BCUT2D eigenvalue weighted by Gasteiger charge is 2.21. The van der Waals surface area contributed by atoms with Crippen LogP contribution >= 0.6 is 23.2 Å². The summed E-state index contributed by atoms with van der Waals surface area (Å²) in [6.45, 7) is 0.673. The van der Waals surface area contributed by atoms with Gasteiger partial charge in [-0.1, -0.05) is 47.5 Å². The van der Waals surface area contributed by atoms with Crippen molar-refractivity contribution in [3.8, 4) is 0 Å². The van der Waals surface area contributed by atoms with Gasteiger partial charge in [-0.3, -0.25) is 4.99 Å². The molecule has 1 aliphatic heterocycles. The Morgan fingerprint density at radius 3 is 2.67 bits per heavy atom. The van der Waals surface area contributed by atoms with E-state index >= 15 is 0 Å². The molecule has 5 rings (SSSR count). The van der Waals surface area contributed by atoms with E-state index in [0.29, 0.717) is 18.0 Å². The van der Waals surface area contributed by atoms with E-state index in [1.54, 1.807) is 0 Å². The Balaban J connectivity index is 1.63. The lowest BCUT2D eigenvalue weighted by atomic mass is 10.00. The summed E-state index contributed by atoms with van der Waals surface area (Å²) < 4.78 is 0. The van der Waals surface area contributed by atoms with Crippen LogP contribution in [0.4, 0.5) is 5.69 Å². The molecular formula is C23H18Cl2N4O. The fraction of sp³-hybridized carbons (Fsp3) is 0.130. The van der Waals surface area contributed by atoms with E-state index in [-0.39, 0.29) is 11.7 Å². The Bertz CT molecular complexity index is 1340. The maximum Gasteiger partial charge on any atom is 0.323 e. The fourth-order valence-electron chi connectivity index (χ4n) is 3.84. The number of imidazole rings is 1. The monoisotopic (exact) mass is 436 g/mol. The summed E-state index contributed by atoms with van der Waals surface area (Å²) in [6.07, 6.45) is 0.709. The van der Waals surface area contributed by atoms with E-state index in [1.807, 2.05) is 60.7 Å². The first-order valence-corrected chi connectivity index (χ1v) is 10.4. The average Bonchev–Trinajstić information content (AvgIpc) is 3.01. The predicted octanol–water partition coefficient (Wildman–Crippen LogP) is 5.04. The van der Waals surface area contributed by atoms with Crippen LogP contribution in [0.15, 0.2) is 70.5 Å². The molecule has 30 heavy (non-hydrogen) atoms. The molecule has 0 saturated heterocycles. The Hall–Kier alpha value is -3.02. The summed E-state index contributed by atoms with van der Waals surface area (Å²) in [5.74, 6) is 0. The Morgan fingerprint density at radius 2 is 1.80 bits per heavy atom. The molecule has 0 spiro atoms. The molecule has 0 radical (unpaired) electrons. The Labute approximate surface area is 182 Å². The van der Waals surface area contributed by atoms with Crippen LogP contribution in [-0.2, 0) is 6.42 Å². The molecule has 1 aliphatic rings. The number of H-pyrrole nitrogens is 2. The van der Waals surface area contributed by atoms with Gasteiger partial charge in [0, 0.05) is 33.4 Å². The van der Waals surface area contributed by atoms with Crippen molar-refractivity contribution in [3.63, 3.8) is 0 Å². The van der Waals surface area contributed by atoms with Crippen LogP contribution in [0, 0.1) is 0 Å². The molecule has 3 aromatic carbocycles. The van der Waals surface area contributed by atoms with Crippen LogP contribution in [-0.4, -0.2) is 28.3 Å². The van der Waals surface area contributed by atoms with Gasteiger partial charge in [0.25, 0.3) is 0 Å². The van der Waals surface area contributed by atoms with Crippen LogP contribution in [0.2, 0.25) is 10.0 Å². The number of aromatic nitrogens is 2. The SMILES string of the molecule is O=c1[nH]c2ccc(C3=NC(Cc4ccccc4Cl)CNc4ccc(Cl)cc43)cc2[nH]1. The Morgan fingerprint density at radius 1 is 0.967 bits per heavy atom. The van der Waals surface area contributed by atoms with Crippen LogP contribution in [0.3, 0.4) is 0 Å². The first kappa shape index (κ1) is 19.0. The minimum atomic E-state index is -0.230. The lowest BCUT2D eigenvalue weighted by Gasteiger charge is -2.13. The van der Waals surface area contributed by atoms with Gasteiger partial charge in [-0.25, -0.2) is 4.79 Å². The van der Waals surface area contributed by atoms with E-state index in [0.717, 1.165) is 44.1 Å². The molecule has 2 heterocycles. The molecule has 5 nitrogen and oxygen atoms in total. The van der Waals surface area contributed by atoms with Gasteiger partial charge in [-0.15, -0.1) is 0 Å². The van der Waals surface area contributed by atoms with Crippen molar-refractivity contribution in [2.45, 2.75) is 12.5 Å². The number of hydrogen-bond donors (Lipinski definition) is 3. The molecule has 0 saturated carbocycles. The molecule has 150 valence electrons. The van der Waals surface area contributed by atoms with Crippen molar-refractivity contribution >= 4 is 45.6 Å². The Kier molecular flexibility index (Phi) is 4.85. The number of aliphatic imine (C=N–C) groups is 1. The smallest absolute Gasteiger partial charge is 0.323 e. The van der Waals surface area contributed by atoms with Gasteiger partial charge in [0.1, 0.15) is 0 Å². The minimum absolute atomic E-state index is 0.0213. The fourth-order valence-corrected chi connectivity index (χ4v) is 4.22. The molecule has 0 amide bonds. The number of halogens is 2. The number of rotatable bonds is 3. The number of nitrogens with one attached hydrogen (secondary N) is 3. The molecule has 3 N–H and O–H groups in total. The van der Waals surface area contributed by atoms with Crippen molar-refractivity contribution in [3.05, 3.63) is 97.9 Å². The molecule has 0 fully saturated rings. The van der Waals surface area contributed by atoms with Gasteiger partial charge in [-0.2, -0.15) is 0 Å². The largest absolute Gasteiger partial charge is 0.382 e. The maximum atomic E-state index is 11.7. The molecule has 1 aromatic heterocycles. The third-order valence-corrected chi connectivity index (χ3v) is 5.88. The van der Waals surface area contributed by atoms with Gasteiger partial charge >= 0.3 is 5.69 Å². The summed E-state index contributed by atoms with van der Waals surface area (Å²) in [7, 11) is 0. The van der Waals surface area contributed by atoms with Gasteiger partial charge in [0.15, 0.2) is 0 Å². The number of fused-ring (bicyclic) bond motifs is 2. The number of benzodiazepines with no additional fused rings is 1. The predicted molar refractivity (Wildman–Crippen MR) is 123 cm³/mol. The molecule has 0 bridgehead atoms. The number of hydrogen-bond acceptors (Lipinski definition) is 3. The summed E-state index contributed by atoms with van der Waals surface area (Å²) in [5.41, 5.74) is 5.98. The van der Waals surface area contributed by atoms with Crippen molar-refractivity contribution in [1.29, 1.82) is 0 Å². The number of nitrogens with zero attached hydrogens (tertiary/aromatic N) is 1. The second-order valence-corrected chi connectivity index (χ2v) is 8.18. The normalized spacial score (nSPS) is 15.9. The molecular weight excluding hydrogens is 419 g/mol. The highest BCUT2D eigenvalue weighted by atomic mass is 35.5.